The molecule has 0 aliphatic carbocycles. The lowest BCUT2D eigenvalue weighted by Crippen LogP contribution is -2.34. The summed E-state index contributed by atoms with van der Waals surface area (Å²) in [6, 6.07) is 9.13. The highest BCUT2D eigenvalue weighted by molar-refractivity contribution is 6.04. The predicted molar refractivity (Wildman–Crippen MR) is 78.2 cm³/mol. The van der Waals surface area contributed by atoms with E-state index in [1.165, 1.54) is 23.5 Å². The van der Waals surface area contributed by atoms with Crippen LogP contribution in [0.4, 0.5) is 5.69 Å². The number of nitrogens with two attached hydrogens (primary N) is 1. The maximum absolute atomic E-state index is 12.5. The summed E-state index contributed by atoms with van der Waals surface area (Å²) < 4.78 is 0. The normalized spacial score (nSPS) is 11.1. The van der Waals surface area contributed by atoms with Gasteiger partial charge in [-0.15, -0.1) is 0 Å². The summed E-state index contributed by atoms with van der Waals surface area (Å²) in [4.78, 5) is 21.9. The number of oxime groups is 1. The first-order valence-corrected chi connectivity index (χ1v) is 6.31. The number of hydrogen-bond donors (Lipinski definition) is 2. The molecule has 1 aromatic carbocycles. The standard InChI is InChI=1S/C14H15N5O2/c15-13(18-21)6-9-19(11-4-2-1-3-5-11)14(20)12-10-16-7-8-17-12/h1-5,7-8,10,21H,6,9H2,(H2,15,18). The first-order chi connectivity index (χ1) is 10.2. The second-order valence-corrected chi connectivity index (χ2v) is 4.22. The van der Waals surface area contributed by atoms with Crippen LogP contribution in [-0.2, 0) is 0 Å². The van der Waals surface area contributed by atoms with Gasteiger partial charge in [-0.25, -0.2) is 4.98 Å². The van der Waals surface area contributed by atoms with Gasteiger partial charge in [0.25, 0.3) is 5.91 Å². The highest BCUT2D eigenvalue weighted by Crippen LogP contribution is 2.16. The Labute approximate surface area is 121 Å². The van der Waals surface area contributed by atoms with E-state index in [2.05, 4.69) is 15.1 Å². The molecule has 108 valence electrons. The van der Waals surface area contributed by atoms with Crippen LogP contribution >= 0.6 is 0 Å². The summed E-state index contributed by atoms with van der Waals surface area (Å²) in [6.07, 6.45) is 4.61. The van der Waals surface area contributed by atoms with E-state index in [1.54, 1.807) is 12.1 Å². The molecule has 0 spiro atoms. The number of amidine groups is 1. The third-order valence-corrected chi connectivity index (χ3v) is 2.82. The molecule has 0 saturated heterocycles. The van der Waals surface area contributed by atoms with E-state index < -0.39 is 0 Å². The van der Waals surface area contributed by atoms with E-state index in [0.717, 1.165) is 0 Å². The van der Waals surface area contributed by atoms with Gasteiger partial charge in [0.15, 0.2) is 0 Å². The zero-order chi connectivity index (χ0) is 15.1. The van der Waals surface area contributed by atoms with Gasteiger partial charge in [-0.1, -0.05) is 23.4 Å². The Morgan fingerprint density at radius 1 is 1.29 bits per heavy atom. The van der Waals surface area contributed by atoms with Gasteiger partial charge in [-0.2, -0.15) is 0 Å². The van der Waals surface area contributed by atoms with Crippen molar-refractivity contribution >= 4 is 17.4 Å². The van der Waals surface area contributed by atoms with Gasteiger partial charge < -0.3 is 15.8 Å². The van der Waals surface area contributed by atoms with Crippen molar-refractivity contribution in [3.8, 4) is 0 Å². The number of carbonyl (C=O) groups is 1. The number of hydrogen-bond acceptors (Lipinski definition) is 5. The number of anilines is 1. The van der Waals surface area contributed by atoms with E-state index >= 15 is 0 Å². The average molecular weight is 285 g/mol. The zero-order valence-corrected chi connectivity index (χ0v) is 11.3. The Balaban J connectivity index is 2.25. The molecule has 1 amide bonds. The van der Waals surface area contributed by atoms with Gasteiger partial charge in [0.05, 0.1) is 6.20 Å². The highest BCUT2D eigenvalue weighted by Gasteiger charge is 2.19. The molecular formula is C14H15N5O2. The smallest absolute Gasteiger partial charge is 0.278 e. The van der Waals surface area contributed by atoms with Gasteiger partial charge in [0.1, 0.15) is 11.5 Å². The minimum Gasteiger partial charge on any atom is -0.409 e. The molecule has 0 aliphatic heterocycles. The number of nitrogens with zero attached hydrogens (tertiary/aromatic N) is 4. The minimum absolute atomic E-state index is 0.0582. The Hall–Kier alpha value is -2.96. The molecule has 7 heteroatoms. The summed E-state index contributed by atoms with van der Waals surface area (Å²) in [5.74, 6) is -0.233. The van der Waals surface area contributed by atoms with Crippen molar-refractivity contribution in [1.29, 1.82) is 0 Å². The number of carbonyl (C=O) groups excluding carboxylic acids is 1. The number of aromatic nitrogens is 2. The fourth-order valence-electron chi connectivity index (χ4n) is 1.78. The van der Waals surface area contributed by atoms with E-state index in [9.17, 15) is 4.79 Å². The molecule has 21 heavy (non-hydrogen) atoms. The summed E-state index contributed by atoms with van der Waals surface area (Å²) in [7, 11) is 0. The predicted octanol–water partition coefficient (Wildman–Crippen LogP) is 1.26. The van der Waals surface area contributed by atoms with Crippen LogP contribution in [-0.4, -0.2) is 33.5 Å². The second-order valence-electron chi connectivity index (χ2n) is 4.22. The third kappa shape index (κ3) is 3.75. The van der Waals surface area contributed by atoms with Crippen LogP contribution in [0.25, 0.3) is 0 Å². The Bertz CT molecular complexity index is 616. The molecule has 0 fully saturated rings. The number of benzene rings is 1. The highest BCUT2D eigenvalue weighted by atomic mass is 16.4. The van der Waals surface area contributed by atoms with Gasteiger partial charge in [0.2, 0.25) is 0 Å². The van der Waals surface area contributed by atoms with Crippen molar-refractivity contribution in [1.82, 2.24) is 9.97 Å². The second kappa shape index (κ2) is 6.99. The van der Waals surface area contributed by atoms with Crippen LogP contribution in [0.5, 0.6) is 0 Å². The largest absolute Gasteiger partial charge is 0.409 e. The first kappa shape index (κ1) is 14.4. The molecule has 3 N–H and O–H groups in total. The van der Waals surface area contributed by atoms with Crippen LogP contribution in [0, 0.1) is 0 Å². The molecule has 1 aromatic heterocycles. The lowest BCUT2D eigenvalue weighted by atomic mass is 10.2. The van der Waals surface area contributed by atoms with E-state index in [1.807, 2.05) is 18.2 Å². The van der Waals surface area contributed by atoms with E-state index in [-0.39, 0.29) is 30.4 Å². The summed E-state index contributed by atoms with van der Waals surface area (Å²) in [6.45, 7) is 0.273. The van der Waals surface area contributed by atoms with Gasteiger partial charge in [-0.05, 0) is 12.1 Å². The molecule has 2 aromatic rings. The zero-order valence-electron chi connectivity index (χ0n) is 11.3. The molecule has 0 atom stereocenters. The molecular weight excluding hydrogens is 270 g/mol. The van der Waals surface area contributed by atoms with Crippen LogP contribution in [0.1, 0.15) is 16.9 Å². The molecule has 0 aliphatic rings. The maximum Gasteiger partial charge on any atom is 0.278 e. The topological polar surface area (TPSA) is 105 Å². The minimum atomic E-state index is -0.292. The Morgan fingerprint density at radius 3 is 2.67 bits per heavy atom. The molecule has 0 saturated carbocycles. The molecule has 0 bridgehead atoms. The van der Waals surface area contributed by atoms with Gasteiger partial charge >= 0.3 is 0 Å². The van der Waals surface area contributed by atoms with E-state index in [0.29, 0.717) is 5.69 Å². The maximum atomic E-state index is 12.5. The van der Waals surface area contributed by atoms with E-state index in [4.69, 9.17) is 10.9 Å². The molecule has 1 heterocycles. The summed E-state index contributed by atoms with van der Waals surface area (Å²) in [5.41, 5.74) is 6.42. The lowest BCUT2D eigenvalue weighted by Gasteiger charge is -2.22. The fraction of sp³-hybridized carbons (Fsp3) is 0.143. The number of amides is 1. The summed E-state index contributed by atoms with van der Waals surface area (Å²) in [5, 5.41) is 11.5. The van der Waals surface area contributed by atoms with Crippen molar-refractivity contribution in [3.63, 3.8) is 0 Å². The Kier molecular flexibility index (Phi) is 4.81. The van der Waals surface area contributed by atoms with Crippen molar-refractivity contribution < 1.29 is 10.0 Å². The summed E-state index contributed by atoms with van der Waals surface area (Å²) >= 11 is 0. The van der Waals surface area contributed by atoms with Gasteiger partial charge in [0, 0.05) is 31.0 Å². The lowest BCUT2D eigenvalue weighted by molar-refractivity contribution is 0.0982. The Morgan fingerprint density at radius 2 is 2.05 bits per heavy atom. The third-order valence-electron chi connectivity index (χ3n) is 2.82. The molecule has 0 unspecified atom stereocenters. The molecule has 2 rings (SSSR count). The average Bonchev–Trinajstić information content (AvgIpc) is 2.56. The van der Waals surface area contributed by atoms with Gasteiger partial charge in [-0.3, -0.25) is 9.78 Å². The first-order valence-electron chi connectivity index (χ1n) is 6.31. The quantitative estimate of drug-likeness (QED) is 0.372. The van der Waals surface area contributed by atoms with Crippen LogP contribution in [0.3, 0.4) is 0 Å². The van der Waals surface area contributed by atoms with Crippen molar-refractivity contribution in [2.75, 3.05) is 11.4 Å². The van der Waals surface area contributed by atoms with Crippen molar-refractivity contribution in [2.45, 2.75) is 6.42 Å². The number of rotatable bonds is 5. The molecule has 0 radical (unpaired) electrons. The van der Waals surface area contributed by atoms with Crippen LogP contribution in [0.2, 0.25) is 0 Å². The van der Waals surface area contributed by atoms with Crippen molar-refractivity contribution in [3.05, 3.63) is 54.6 Å². The van der Waals surface area contributed by atoms with Crippen LogP contribution < -0.4 is 10.6 Å². The van der Waals surface area contributed by atoms with Crippen molar-refractivity contribution in [2.24, 2.45) is 10.9 Å². The molecule has 7 nitrogen and oxygen atoms in total. The fourth-order valence-corrected chi connectivity index (χ4v) is 1.78. The van der Waals surface area contributed by atoms with Crippen LogP contribution in [0.15, 0.2) is 54.1 Å². The monoisotopic (exact) mass is 285 g/mol. The number of para-hydroxylation sites is 1. The SMILES string of the molecule is NC(CCN(C(=O)c1cnccn1)c1ccccc1)=NO.